The van der Waals surface area contributed by atoms with Crippen LogP contribution in [0, 0.1) is 5.41 Å². The molecule has 0 saturated heterocycles. The first-order chi connectivity index (χ1) is 7.96. The van der Waals surface area contributed by atoms with Gasteiger partial charge in [0.1, 0.15) is 5.75 Å². The van der Waals surface area contributed by atoms with E-state index in [1.54, 1.807) is 7.11 Å². The Morgan fingerprint density at radius 1 is 1.29 bits per heavy atom. The first kappa shape index (κ1) is 14.0. The molecule has 1 aromatic carbocycles. The van der Waals surface area contributed by atoms with Gasteiger partial charge < -0.3 is 4.74 Å². The van der Waals surface area contributed by atoms with Gasteiger partial charge >= 0.3 is 0 Å². The van der Waals surface area contributed by atoms with E-state index in [0.29, 0.717) is 0 Å². The van der Waals surface area contributed by atoms with E-state index in [9.17, 15) is 0 Å². The number of hydrazine groups is 1. The lowest BCUT2D eigenvalue weighted by molar-refractivity contribution is 0.306. The van der Waals surface area contributed by atoms with E-state index >= 15 is 0 Å². The van der Waals surface area contributed by atoms with Crippen molar-refractivity contribution in [3.63, 3.8) is 0 Å². The second kappa shape index (κ2) is 6.03. The van der Waals surface area contributed by atoms with E-state index in [2.05, 4.69) is 32.3 Å². The number of nitrogens with two attached hydrogens (primary N) is 1. The highest BCUT2D eigenvalue weighted by atomic mass is 16.5. The Morgan fingerprint density at radius 2 is 1.94 bits per heavy atom. The van der Waals surface area contributed by atoms with E-state index in [1.165, 1.54) is 5.56 Å². The molecule has 1 unspecified atom stereocenters. The van der Waals surface area contributed by atoms with Crippen molar-refractivity contribution in [3.05, 3.63) is 29.8 Å². The molecular weight excluding hydrogens is 212 g/mol. The number of nitrogens with one attached hydrogen (secondary N) is 1. The van der Waals surface area contributed by atoms with Gasteiger partial charge in [-0.3, -0.25) is 11.3 Å². The fourth-order valence-electron chi connectivity index (χ4n) is 2.07. The van der Waals surface area contributed by atoms with Gasteiger partial charge in [0.2, 0.25) is 0 Å². The Balaban J connectivity index is 2.73. The Labute approximate surface area is 104 Å². The van der Waals surface area contributed by atoms with E-state index < -0.39 is 0 Å². The van der Waals surface area contributed by atoms with Crippen molar-refractivity contribution in [2.75, 3.05) is 7.11 Å². The minimum Gasteiger partial charge on any atom is -0.496 e. The van der Waals surface area contributed by atoms with Gasteiger partial charge in [0.05, 0.1) is 7.11 Å². The lowest BCUT2D eigenvalue weighted by Gasteiger charge is -2.26. The third kappa shape index (κ3) is 4.75. The van der Waals surface area contributed by atoms with Crippen LogP contribution in [-0.4, -0.2) is 13.2 Å². The van der Waals surface area contributed by atoms with Crippen LogP contribution in [0.1, 0.15) is 32.8 Å². The summed E-state index contributed by atoms with van der Waals surface area (Å²) in [5.74, 6) is 6.56. The fraction of sp³-hybridized carbons (Fsp3) is 0.571. The van der Waals surface area contributed by atoms with Crippen LogP contribution >= 0.6 is 0 Å². The average Bonchev–Trinajstić information content (AvgIpc) is 2.27. The molecule has 3 heteroatoms. The van der Waals surface area contributed by atoms with Gasteiger partial charge in [0.25, 0.3) is 0 Å². The molecule has 1 rings (SSSR count). The van der Waals surface area contributed by atoms with Crippen LogP contribution in [0.3, 0.4) is 0 Å². The summed E-state index contributed by atoms with van der Waals surface area (Å²) < 4.78 is 5.35. The third-order valence-electron chi connectivity index (χ3n) is 2.75. The van der Waals surface area contributed by atoms with Gasteiger partial charge in [-0.1, -0.05) is 39.0 Å². The molecule has 1 aromatic rings. The summed E-state index contributed by atoms with van der Waals surface area (Å²) in [6.07, 6.45) is 1.92. The molecule has 0 aliphatic heterocycles. The van der Waals surface area contributed by atoms with Gasteiger partial charge in [0.15, 0.2) is 0 Å². The highest BCUT2D eigenvalue weighted by Crippen LogP contribution is 2.25. The van der Waals surface area contributed by atoms with Crippen LogP contribution in [0.2, 0.25) is 0 Å². The lowest BCUT2D eigenvalue weighted by Crippen LogP contribution is -2.39. The monoisotopic (exact) mass is 236 g/mol. The van der Waals surface area contributed by atoms with Crippen LogP contribution < -0.4 is 16.0 Å². The minimum absolute atomic E-state index is 0.263. The summed E-state index contributed by atoms with van der Waals surface area (Å²) in [4.78, 5) is 0. The zero-order chi connectivity index (χ0) is 12.9. The average molecular weight is 236 g/mol. The molecule has 17 heavy (non-hydrogen) atoms. The van der Waals surface area contributed by atoms with E-state index in [-0.39, 0.29) is 11.5 Å². The van der Waals surface area contributed by atoms with E-state index in [4.69, 9.17) is 10.6 Å². The fourth-order valence-corrected chi connectivity index (χ4v) is 2.07. The van der Waals surface area contributed by atoms with Crippen molar-refractivity contribution in [3.8, 4) is 5.75 Å². The predicted octanol–water partition coefficient (Wildman–Crippen LogP) is 2.51. The van der Waals surface area contributed by atoms with Crippen molar-refractivity contribution in [1.82, 2.24) is 5.43 Å². The summed E-state index contributed by atoms with van der Waals surface area (Å²) in [5.41, 5.74) is 4.36. The zero-order valence-electron chi connectivity index (χ0n) is 11.3. The maximum atomic E-state index is 5.63. The quantitative estimate of drug-likeness (QED) is 0.610. The molecule has 0 saturated carbocycles. The van der Waals surface area contributed by atoms with Gasteiger partial charge in [-0.05, 0) is 29.9 Å². The molecule has 3 nitrogen and oxygen atoms in total. The minimum atomic E-state index is 0.263. The molecule has 0 spiro atoms. The van der Waals surface area contributed by atoms with Gasteiger partial charge in [-0.2, -0.15) is 0 Å². The number of ether oxygens (including phenoxy) is 1. The molecule has 96 valence electrons. The Bertz CT molecular complexity index is 344. The first-order valence-corrected chi connectivity index (χ1v) is 6.04. The zero-order valence-corrected chi connectivity index (χ0v) is 11.3. The van der Waals surface area contributed by atoms with Crippen molar-refractivity contribution in [2.24, 2.45) is 11.3 Å². The Morgan fingerprint density at radius 3 is 2.47 bits per heavy atom. The standard InChI is InChI=1S/C14H24N2O/c1-14(2,3)10-12(16-15)9-11-7-5-6-8-13(11)17-4/h5-8,12,16H,9-10,15H2,1-4H3. The Kier molecular flexibility index (Phi) is 4.97. The third-order valence-corrected chi connectivity index (χ3v) is 2.75. The van der Waals surface area contributed by atoms with Crippen LogP contribution in [0.4, 0.5) is 0 Å². The summed E-state index contributed by atoms with van der Waals surface area (Å²) in [5, 5.41) is 0. The van der Waals surface area contributed by atoms with Gasteiger partial charge in [-0.15, -0.1) is 0 Å². The number of para-hydroxylation sites is 1. The molecule has 3 N–H and O–H groups in total. The first-order valence-electron chi connectivity index (χ1n) is 6.04. The topological polar surface area (TPSA) is 47.3 Å². The summed E-state index contributed by atoms with van der Waals surface area (Å²) >= 11 is 0. The van der Waals surface area contributed by atoms with E-state index in [0.717, 1.165) is 18.6 Å². The molecule has 0 aliphatic rings. The SMILES string of the molecule is COc1ccccc1CC(CC(C)(C)C)NN. The number of benzene rings is 1. The smallest absolute Gasteiger partial charge is 0.122 e. The number of methoxy groups -OCH3 is 1. The lowest BCUT2D eigenvalue weighted by atomic mass is 9.86. The second-order valence-corrected chi connectivity index (χ2v) is 5.64. The van der Waals surface area contributed by atoms with Crippen LogP contribution in [-0.2, 0) is 6.42 Å². The van der Waals surface area contributed by atoms with Crippen molar-refractivity contribution in [1.29, 1.82) is 0 Å². The number of hydrogen-bond acceptors (Lipinski definition) is 3. The van der Waals surface area contributed by atoms with E-state index in [1.807, 2.05) is 18.2 Å². The molecule has 0 radical (unpaired) electrons. The van der Waals surface area contributed by atoms with Gasteiger partial charge in [-0.25, -0.2) is 0 Å². The van der Waals surface area contributed by atoms with Gasteiger partial charge in [0, 0.05) is 6.04 Å². The molecule has 1 atom stereocenters. The Hall–Kier alpha value is -1.06. The molecule has 0 heterocycles. The van der Waals surface area contributed by atoms with Crippen LogP contribution in [0.5, 0.6) is 5.75 Å². The van der Waals surface area contributed by atoms with Crippen molar-refractivity contribution >= 4 is 0 Å². The molecule has 0 fully saturated rings. The molecule has 0 amide bonds. The van der Waals surface area contributed by atoms with Crippen molar-refractivity contribution < 1.29 is 4.74 Å². The largest absolute Gasteiger partial charge is 0.496 e. The highest BCUT2D eigenvalue weighted by molar-refractivity contribution is 5.33. The predicted molar refractivity (Wildman–Crippen MR) is 71.9 cm³/mol. The highest BCUT2D eigenvalue weighted by Gasteiger charge is 2.19. The van der Waals surface area contributed by atoms with Crippen LogP contribution in [0.25, 0.3) is 0 Å². The van der Waals surface area contributed by atoms with Crippen molar-refractivity contribution in [2.45, 2.75) is 39.7 Å². The number of rotatable bonds is 5. The summed E-state index contributed by atoms with van der Waals surface area (Å²) in [6, 6.07) is 8.36. The number of hydrogen-bond donors (Lipinski definition) is 2. The summed E-state index contributed by atoms with van der Waals surface area (Å²) in [7, 11) is 1.70. The second-order valence-electron chi connectivity index (χ2n) is 5.64. The molecule has 0 bridgehead atoms. The maximum Gasteiger partial charge on any atom is 0.122 e. The normalized spacial score (nSPS) is 13.5. The summed E-state index contributed by atoms with van der Waals surface area (Å²) in [6.45, 7) is 6.67. The molecular formula is C14H24N2O. The molecule has 0 aliphatic carbocycles. The van der Waals surface area contributed by atoms with Crippen LogP contribution in [0.15, 0.2) is 24.3 Å². The maximum absolute atomic E-state index is 5.63. The molecule has 0 aromatic heterocycles.